The highest BCUT2D eigenvalue weighted by Gasteiger charge is 2.38. The van der Waals surface area contributed by atoms with Crippen LogP contribution in [0.2, 0.25) is 5.15 Å². The molecule has 0 aliphatic heterocycles. The van der Waals surface area contributed by atoms with Gasteiger partial charge in [-0.2, -0.15) is 0 Å². The second kappa shape index (κ2) is 4.28. The fraction of sp³-hybridized carbons (Fsp3) is 0.385. The Kier molecular flexibility index (Phi) is 2.74. The fourth-order valence-corrected chi connectivity index (χ4v) is 2.78. The zero-order valence-corrected chi connectivity index (χ0v) is 10.5. The highest BCUT2D eigenvalue weighted by atomic mass is 35.5. The molecule has 4 nitrogen and oxygen atoms in total. The SMILES string of the molecule is O=NC1(c2ccc3cc(Cl)ncc3n2)CCCC1. The van der Waals surface area contributed by atoms with Crippen molar-refractivity contribution in [1.82, 2.24) is 9.97 Å². The van der Waals surface area contributed by atoms with E-state index in [9.17, 15) is 4.91 Å². The molecule has 5 heteroatoms. The van der Waals surface area contributed by atoms with Crippen molar-refractivity contribution in [3.63, 3.8) is 0 Å². The molecule has 0 bridgehead atoms. The maximum absolute atomic E-state index is 11.2. The first-order chi connectivity index (χ1) is 8.73. The van der Waals surface area contributed by atoms with E-state index >= 15 is 0 Å². The Bertz CT molecular complexity index is 608. The number of rotatable bonds is 2. The molecular formula is C13H12ClN3O. The Morgan fingerprint density at radius 3 is 2.78 bits per heavy atom. The zero-order valence-electron chi connectivity index (χ0n) is 9.77. The molecular weight excluding hydrogens is 250 g/mol. The summed E-state index contributed by atoms with van der Waals surface area (Å²) in [6.07, 6.45) is 5.27. The molecule has 1 saturated carbocycles. The summed E-state index contributed by atoms with van der Waals surface area (Å²) in [4.78, 5) is 19.7. The largest absolute Gasteiger partial charge is 0.248 e. The van der Waals surface area contributed by atoms with Crippen molar-refractivity contribution in [1.29, 1.82) is 0 Å². The van der Waals surface area contributed by atoms with Crippen molar-refractivity contribution in [2.45, 2.75) is 31.2 Å². The molecule has 2 heterocycles. The second-order valence-corrected chi connectivity index (χ2v) is 5.11. The third kappa shape index (κ3) is 1.77. The predicted molar refractivity (Wildman–Crippen MR) is 70.5 cm³/mol. The van der Waals surface area contributed by atoms with Gasteiger partial charge in [-0.3, -0.25) is 0 Å². The molecule has 0 spiro atoms. The highest BCUT2D eigenvalue weighted by Crippen LogP contribution is 2.41. The van der Waals surface area contributed by atoms with Gasteiger partial charge in [-0.25, -0.2) is 9.97 Å². The Morgan fingerprint density at radius 2 is 2.06 bits per heavy atom. The molecule has 1 aliphatic carbocycles. The summed E-state index contributed by atoms with van der Waals surface area (Å²) in [6.45, 7) is 0. The van der Waals surface area contributed by atoms with Gasteiger partial charge >= 0.3 is 0 Å². The van der Waals surface area contributed by atoms with Crippen LogP contribution >= 0.6 is 11.6 Å². The van der Waals surface area contributed by atoms with E-state index < -0.39 is 5.54 Å². The third-order valence-corrected chi connectivity index (χ3v) is 3.83. The molecule has 18 heavy (non-hydrogen) atoms. The van der Waals surface area contributed by atoms with Gasteiger partial charge < -0.3 is 0 Å². The Balaban J connectivity index is 2.13. The number of pyridine rings is 2. The van der Waals surface area contributed by atoms with Crippen LogP contribution in [0.5, 0.6) is 0 Å². The van der Waals surface area contributed by atoms with Gasteiger partial charge in [0.25, 0.3) is 0 Å². The normalized spacial score (nSPS) is 18.1. The number of nitrogens with zero attached hydrogens (tertiary/aromatic N) is 3. The molecule has 1 aliphatic rings. The molecule has 0 N–H and O–H groups in total. The van der Waals surface area contributed by atoms with Gasteiger partial charge in [0.2, 0.25) is 0 Å². The molecule has 0 saturated heterocycles. The smallest absolute Gasteiger partial charge is 0.144 e. The zero-order chi connectivity index (χ0) is 12.6. The van der Waals surface area contributed by atoms with E-state index in [-0.39, 0.29) is 0 Å². The van der Waals surface area contributed by atoms with E-state index in [1.54, 1.807) is 12.3 Å². The lowest BCUT2D eigenvalue weighted by molar-refractivity contribution is 0.448. The molecule has 2 aromatic rings. The molecule has 0 radical (unpaired) electrons. The summed E-state index contributed by atoms with van der Waals surface area (Å²) in [6, 6.07) is 5.57. The second-order valence-electron chi connectivity index (χ2n) is 4.73. The Hall–Kier alpha value is -1.55. The molecule has 2 aromatic heterocycles. The Morgan fingerprint density at radius 1 is 1.28 bits per heavy atom. The van der Waals surface area contributed by atoms with Crippen LogP contribution in [0.25, 0.3) is 10.9 Å². The lowest BCUT2D eigenvalue weighted by Crippen LogP contribution is -2.19. The summed E-state index contributed by atoms with van der Waals surface area (Å²) >= 11 is 5.83. The van der Waals surface area contributed by atoms with E-state index in [0.29, 0.717) is 5.15 Å². The van der Waals surface area contributed by atoms with Crippen molar-refractivity contribution in [2.24, 2.45) is 5.18 Å². The van der Waals surface area contributed by atoms with Crippen LogP contribution in [-0.4, -0.2) is 9.97 Å². The maximum Gasteiger partial charge on any atom is 0.144 e. The van der Waals surface area contributed by atoms with E-state index in [1.807, 2.05) is 12.1 Å². The van der Waals surface area contributed by atoms with Crippen LogP contribution in [0.3, 0.4) is 0 Å². The van der Waals surface area contributed by atoms with Gasteiger partial charge in [0.15, 0.2) is 0 Å². The van der Waals surface area contributed by atoms with Gasteiger partial charge in [0.1, 0.15) is 10.7 Å². The van der Waals surface area contributed by atoms with Crippen molar-refractivity contribution in [3.05, 3.63) is 40.2 Å². The number of aromatic nitrogens is 2. The van der Waals surface area contributed by atoms with Gasteiger partial charge in [0, 0.05) is 5.39 Å². The molecule has 1 fully saturated rings. The minimum atomic E-state index is -0.631. The molecule has 0 atom stereocenters. The third-order valence-electron chi connectivity index (χ3n) is 3.62. The average molecular weight is 262 g/mol. The van der Waals surface area contributed by atoms with Crippen molar-refractivity contribution >= 4 is 22.5 Å². The van der Waals surface area contributed by atoms with E-state index in [2.05, 4.69) is 15.1 Å². The molecule has 3 rings (SSSR count). The minimum absolute atomic E-state index is 0.446. The maximum atomic E-state index is 11.2. The first-order valence-corrected chi connectivity index (χ1v) is 6.39. The first-order valence-electron chi connectivity index (χ1n) is 6.01. The molecule has 0 unspecified atom stereocenters. The highest BCUT2D eigenvalue weighted by molar-refractivity contribution is 6.30. The number of fused-ring (bicyclic) bond motifs is 1. The van der Waals surface area contributed by atoms with Crippen LogP contribution in [0.4, 0.5) is 0 Å². The fourth-order valence-electron chi connectivity index (χ4n) is 2.61. The van der Waals surface area contributed by atoms with Gasteiger partial charge in [-0.05, 0) is 25.0 Å². The van der Waals surface area contributed by atoms with Crippen LogP contribution in [0, 0.1) is 4.91 Å². The number of hydrogen-bond donors (Lipinski definition) is 0. The van der Waals surface area contributed by atoms with Crippen LogP contribution in [0.15, 0.2) is 29.6 Å². The first kappa shape index (κ1) is 11.5. The van der Waals surface area contributed by atoms with E-state index in [4.69, 9.17) is 11.6 Å². The number of hydrogen-bond acceptors (Lipinski definition) is 4. The monoisotopic (exact) mass is 261 g/mol. The van der Waals surface area contributed by atoms with Gasteiger partial charge in [-0.1, -0.05) is 35.7 Å². The molecule has 0 amide bonds. The van der Waals surface area contributed by atoms with E-state index in [0.717, 1.165) is 42.3 Å². The standard InChI is InChI=1S/C13H12ClN3O/c14-12-7-9-3-4-11(16-10(9)8-15-12)13(17-18)5-1-2-6-13/h3-4,7-8H,1-2,5-6H2. The lowest BCUT2D eigenvalue weighted by Gasteiger charge is -2.19. The topological polar surface area (TPSA) is 55.2 Å². The lowest BCUT2D eigenvalue weighted by atomic mass is 9.93. The van der Waals surface area contributed by atoms with Crippen molar-refractivity contribution in [2.75, 3.05) is 0 Å². The molecule has 0 aromatic carbocycles. The van der Waals surface area contributed by atoms with Crippen LogP contribution in [0.1, 0.15) is 31.4 Å². The summed E-state index contributed by atoms with van der Waals surface area (Å²) in [5.41, 5.74) is 0.881. The number of nitroso groups, excluding NO2 is 1. The predicted octanol–water partition coefficient (Wildman–Crippen LogP) is 3.82. The van der Waals surface area contributed by atoms with Crippen LogP contribution in [-0.2, 0) is 5.54 Å². The van der Waals surface area contributed by atoms with E-state index in [1.165, 1.54) is 0 Å². The van der Waals surface area contributed by atoms with Gasteiger partial charge in [-0.15, -0.1) is 4.91 Å². The average Bonchev–Trinajstić information content (AvgIpc) is 2.88. The van der Waals surface area contributed by atoms with Gasteiger partial charge in [0.05, 0.1) is 17.4 Å². The minimum Gasteiger partial charge on any atom is -0.248 e. The Labute approximate surface area is 109 Å². The summed E-state index contributed by atoms with van der Waals surface area (Å²) in [7, 11) is 0. The van der Waals surface area contributed by atoms with Crippen LogP contribution < -0.4 is 0 Å². The summed E-state index contributed by atoms with van der Waals surface area (Å²) in [5, 5.41) is 4.73. The summed E-state index contributed by atoms with van der Waals surface area (Å²) in [5.74, 6) is 0. The number of halogens is 1. The van der Waals surface area contributed by atoms with Crippen molar-refractivity contribution < 1.29 is 0 Å². The summed E-state index contributed by atoms with van der Waals surface area (Å²) < 4.78 is 0. The quantitative estimate of drug-likeness (QED) is 0.610. The molecule has 92 valence electrons. The van der Waals surface area contributed by atoms with Crippen molar-refractivity contribution in [3.8, 4) is 0 Å².